The van der Waals surface area contributed by atoms with Crippen LogP contribution in [0.1, 0.15) is 33.1 Å². The van der Waals surface area contributed by atoms with E-state index in [-0.39, 0.29) is 18.2 Å². The van der Waals surface area contributed by atoms with Crippen LogP contribution in [0.4, 0.5) is 0 Å². The standard InChI is InChI=1S/C24H26N4O3/c1-16-20(9-10-22(25-16)19-7-5-4-6-8-19)24(30)28-13-11-27(12-14-28)23(29)15-21-17(2)26-31-18(21)3/h4-10H,11-15H2,1-3H3. The zero-order valence-corrected chi connectivity index (χ0v) is 18.1. The summed E-state index contributed by atoms with van der Waals surface area (Å²) >= 11 is 0. The highest BCUT2D eigenvalue weighted by molar-refractivity contribution is 5.95. The number of benzene rings is 1. The largest absolute Gasteiger partial charge is 0.361 e. The van der Waals surface area contributed by atoms with Crippen LogP contribution in [0.5, 0.6) is 0 Å². The van der Waals surface area contributed by atoms with Crippen molar-refractivity contribution >= 4 is 11.8 Å². The molecule has 0 N–H and O–H groups in total. The van der Waals surface area contributed by atoms with E-state index in [2.05, 4.69) is 10.1 Å². The minimum Gasteiger partial charge on any atom is -0.361 e. The molecule has 4 rings (SSSR count). The van der Waals surface area contributed by atoms with Gasteiger partial charge in [-0.05, 0) is 32.9 Å². The Balaban J connectivity index is 1.38. The van der Waals surface area contributed by atoms with Gasteiger partial charge in [0.05, 0.1) is 29.1 Å². The lowest BCUT2D eigenvalue weighted by molar-refractivity contribution is -0.131. The summed E-state index contributed by atoms with van der Waals surface area (Å²) in [4.78, 5) is 34.0. The lowest BCUT2D eigenvalue weighted by atomic mass is 10.1. The highest BCUT2D eigenvalue weighted by atomic mass is 16.5. The molecule has 1 aromatic carbocycles. The van der Waals surface area contributed by atoms with Crippen LogP contribution in [0.3, 0.4) is 0 Å². The van der Waals surface area contributed by atoms with Crippen LogP contribution in [0.15, 0.2) is 47.0 Å². The van der Waals surface area contributed by atoms with Gasteiger partial charge in [0.25, 0.3) is 5.91 Å². The quantitative estimate of drug-likeness (QED) is 0.650. The monoisotopic (exact) mass is 418 g/mol. The first kappa shape index (κ1) is 20.8. The Hall–Kier alpha value is -3.48. The fourth-order valence-corrected chi connectivity index (χ4v) is 3.90. The fourth-order valence-electron chi connectivity index (χ4n) is 3.90. The zero-order valence-electron chi connectivity index (χ0n) is 18.1. The Bertz CT molecular complexity index is 1080. The van der Waals surface area contributed by atoms with Crippen molar-refractivity contribution < 1.29 is 14.1 Å². The maximum Gasteiger partial charge on any atom is 0.255 e. The number of carbonyl (C=O) groups excluding carboxylic acids is 2. The summed E-state index contributed by atoms with van der Waals surface area (Å²) in [7, 11) is 0. The molecule has 0 unspecified atom stereocenters. The third-order valence-electron chi connectivity index (χ3n) is 5.81. The summed E-state index contributed by atoms with van der Waals surface area (Å²) in [6, 6.07) is 13.6. The van der Waals surface area contributed by atoms with E-state index in [0.717, 1.165) is 22.5 Å². The van der Waals surface area contributed by atoms with Crippen LogP contribution >= 0.6 is 0 Å². The van der Waals surface area contributed by atoms with Gasteiger partial charge in [0.2, 0.25) is 5.91 Å². The number of carbonyl (C=O) groups is 2. The van der Waals surface area contributed by atoms with E-state index in [0.29, 0.717) is 43.2 Å². The molecular formula is C24H26N4O3. The third kappa shape index (κ3) is 4.35. The van der Waals surface area contributed by atoms with Gasteiger partial charge in [-0.2, -0.15) is 0 Å². The Morgan fingerprint density at radius 2 is 1.58 bits per heavy atom. The second kappa shape index (κ2) is 8.71. The first-order valence-electron chi connectivity index (χ1n) is 10.5. The van der Waals surface area contributed by atoms with Crippen LogP contribution in [-0.4, -0.2) is 57.9 Å². The van der Waals surface area contributed by atoms with E-state index in [4.69, 9.17) is 4.52 Å². The molecule has 0 saturated carbocycles. The maximum atomic E-state index is 13.1. The molecule has 7 nitrogen and oxygen atoms in total. The molecule has 0 radical (unpaired) electrons. The molecule has 0 bridgehead atoms. The Morgan fingerprint density at radius 1 is 0.903 bits per heavy atom. The van der Waals surface area contributed by atoms with E-state index < -0.39 is 0 Å². The molecule has 1 fully saturated rings. The molecule has 2 amide bonds. The highest BCUT2D eigenvalue weighted by Crippen LogP contribution is 2.20. The minimum absolute atomic E-state index is 0.0339. The second-order valence-corrected chi connectivity index (χ2v) is 7.85. The Morgan fingerprint density at radius 3 is 2.19 bits per heavy atom. The zero-order chi connectivity index (χ0) is 22.0. The van der Waals surface area contributed by atoms with Gasteiger partial charge in [0.15, 0.2) is 0 Å². The Labute approximate surface area is 181 Å². The average molecular weight is 418 g/mol. The van der Waals surface area contributed by atoms with Gasteiger partial charge in [-0.25, -0.2) is 0 Å². The summed E-state index contributed by atoms with van der Waals surface area (Å²) in [5, 5.41) is 3.91. The molecule has 2 aromatic heterocycles. The van der Waals surface area contributed by atoms with Crippen molar-refractivity contribution in [3.8, 4) is 11.3 Å². The highest BCUT2D eigenvalue weighted by Gasteiger charge is 2.27. The van der Waals surface area contributed by atoms with Gasteiger partial charge < -0.3 is 14.3 Å². The number of pyridine rings is 1. The molecule has 7 heteroatoms. The molecule has 1 aliphatic heterocycles. The lowest BCUT2D eigenvalue weighted by Gasteiger charge is -2.35. The number of piperazine rings is 1. The first-order valence-corrected chi connectivity index (χ1v) is 10.5. The van der Waals surface area contributed by atoms with Crippen LogP contribution in [-0.2, 0) is 11.2 Å². The average Bonchev–Trinajstić information content (AvgIpc) is 3.11. The van der Waals surface area contributed by atoms with Crippen molar-refractivity contribution in [3.63, 3.8) is 0 Å². The SMILES string of the molecule is Cc1nc(-c2ccccc2)ccc1C(=O)N1CCN(C(=O)Cc2c(C)noc2C)CC1. The van der Waals surface area contributed by atoms with E-state index in [1.165, 1.54) is 0 Å². The van der Waals surface area contributed by atoms with Crippen molar-refractivity contribution in [2.75, 3.05) is 26.2 Å². The van der Waals surface area contributed by atoms with Crippen molar-refractivity contribution in [1.82, 2.24) is 19.9 Å². The van der Waals surface area contributed by atoms with Crippen LogP contribution < -0.4 is 0 Å². The summed E-state index contributed by atoms with van der Waals surface area (Å²) < 4.78 is 5.15. The molecule has 1 saturated heterocycles. The third-order valence-corrected chi connectivity index (χ3v) is 5.81. The molecule has 0 atom stereocenters. The van der Waals surface area contributed by atoms with E-state index in [9.17, 15) is 9.59 Å². The second-order valence-electron chi connectivity index (χ2n) is 7.85. The van der Waals surface area contributed by atoms with E-state index >= 15 is 0 Å². The smallest absolute Gasteiger partial charge is 0.255 e. The number of aromatic nitrogens is 2. The number of aryl methyl sites for hydroxylation is 3. The Kier molecular flexibility index (Phi) is 5.84. The van der Waals surface area contributed by atoms with Crippen LogP contribution in [0.2, 0.25) is 0 Å². The maximum absolute atomic E-state index is 13.1. The topological polar surface area (TPSA) is 79.5 Å². The molecule has 3 heterocycles. The number of hydrogen-bond donors (Lipinski definition) is 0. The minimum atomic E-state index is -0.0394. The normalized spacial score (nSPS) is 14.0. The van der Waals surface area contributed by atoms with Crippen molar-refractivity contribution in [2.24, 2.45) is 0 Å². The van der Waals surface area contributed by atoms with Gasteiger partial charge in [0.1, 0.15) is 5.76 Å². The van der Waals surface area contributed by atoms with Gasteiger partial charge >= 0.3 is 0 Å². The van der Waals surface area contributed by atoms with Crippen molar-refractivity contribution in [1.29, 1.82) is 0 Å². The fraction of sp³-hybridized carbons (Fsp3) is 0.333. The summed E-state index contributed by atoms with van der Waals surface area (Å²) in [6.45, 7) is 7.57. The molecule has 0 aliphatic carbocycles. The van der Waals surface area contributed by atoms with Gasteiger partial charge in [-0.3, -0.25) is 14.6 Å². The molecule has 160 valence electrons. The van der Waals surface area contributed by atoms with Crippen LogP contribution in [0.25, 0.3) is 11.3 Å². The van der Waals surface area contributed by atoms with Crippen molar-refractivity contribution in [3.05, 3.63) is 70.7 Å². The summed E-state index contributed by atoms with van der Waals surface area (Å²) in [5.74, 6) is 0.676. The number of rotatable bonds is 4. The van der Waals surface area contributed by atoms with Gasteiger partial charge in [-0.1, -0.05) is 35.5 Å². The van der Waals surface area contributed by atoms with E-state index in [1.54, 1.807) is 9.80 Å². The molecule has 0 spiro atoms. The van der Waals surface area contributed by atoms with Crippen molar-refractivity contribution in [2.45, 2.75) is 27.2 Å². The van der Waals surface area contributed by atoms with Gasteiger partial charge in [-0.15, -0.1) is 0 Å². The predicted octanol–water partition coefficient (Wildman–Crippen LogP) is 3.19. The summed E-state index contributed by atoms with van der Waals surface area (Å²) in [6.07, 6.45) is 0.277. The molecule has 31 heavy (non-hydrogen) atoms. The predicted molar refractivity (Wildman–Crippen MR) is 117 cm³/mol. The number of amides is 2. The number of hydrogen-bond acceptors (Lipinski definition) is 5. The first-order chi connectivity index (χ1) is 14.9. The van der Waals surface area contributed by atoms with Gasteiger partial charge in [0, 0.05) is 37.3 Å². The van der Waals surface area contributed by atoms with Crippen LogP contribution in [0, 0.1) is 20.8 Å². The lowest BCUT2D eigenvalue weighted by Crippen LogP contribution is -2.51. The number of nitrogens with zero attached hydrogens (tertiary/aromatic N) is 4. The summed E-state index contributed by atoms with van der Waals surface area (Å²) in [5.41, 5.74) is 4.79. The molecule has 3 aromatic rings. The molecular weight excluding hydrogens is 392 g/mol. The van der Waals surface area contributed by atoms with E-state index in [1.807, 2.05) is 63.2 Å². The molecule has 1 aliphatic rings.